The summed E-state index contributed by atoms with van der Waals surface area (Å²) in [6.45, 7) is 5.44. The second-order valence-corrected chi connectivity index (χ2v) is 10.2. The van der Waals surface area contributed by atoms with Crippen molar-refractivity contribution in [2.45, 2.75) is 36.9 Å². The zero-order chi connectivity index (χ0) is 19.1. The molecule has 9 heteroatoms. The van der Waals surface area contributed by atoms with Crippen LogP contribution in [0.3, 0.4) is 0 Å². The Morgan fingerprint density at radius 1 is 1.37 bits per heavy atom. The van der Waals surface area contributed by atoms with E-state index in [0.29, 0.717) is 16.2 Å². The average molecular weight is 432 g/mol. The maximum atomic E-state index is 13.0. The molecule has 0 amide bonds. The fraction of sp³-hybridized carbons (Fsp3) is 0.500. The number of halogens is 1. The van der Waals surface area contributed by atoms with E-state index >= 15 is 0 Å². The maximum Gasteiger partial charge on any atom is 0.252 e. The predicted octanol–water partition coefficient (Wildman–Crippen LogP) is 2.72. The molecule has 0 bridgehead atoms. The average Bonchev–Trinajstić information content (AvgIpc) is 3.24. The molecule has 1 aliphatic rings. The summed E-state index contributed by atoms with van der Waals surface area (Å²) >= 11 is 1.25. The Hall–Kier alpha value is -1.19. The molecule has 6 nitrogen and oxygen atoms in total. The Morgan fingerprint density at radius 2 is 2.07 bits per heavy atom. The lowest BCUT2D eigenvalue weighted by Crippen LogP contribution is -2.38. The predicted molar refractivity (Wildman–Crippen MR) is 113 cm³/mol. The molecule has 1 atom stereocenters. The van der Waals surface area contributed by atoms with Crippen molar-refractivity contribution in [3.8, 4) is 10.4 Å². The molecule has 150 valence electrons. The van der Waals surface area contributed by atoms with Crippen LogP contribution in [-0.4, -0.2) is 55.8 Å². The first-order valence-corrected chi connectivity index (χ1v) is 11.0. The molecule has 3 heterocycles. The van der Waals surface area contributed by atoms with Gasteiger partial charge in [-0.15, -0.1) is 23.7 Å². The standard InChI is InChI=1S/C18H25N3O3S2.ClH/c1-5-13-10-15(12(2)19-18(13)22)16-6-7-17(25-16)26(23,24)21(4)14-8-9-20(3)11-14;/h6-7,10,14H,5,8-9,11H2,1-4H3,(H,19,22);1H. The van der Waals surface area contributed by atoms with Crippen molar-refractivity contribution in [1.82, 2.24) is 14.2 Å². The topological polar surface area (TPSA) is 73.5 Å². The minimum absolute atomic E-state index is 0. The molecule has 1 N–H and O–H groups in total. The van der Waals surface area contributed by atoms with Gasteiger partial charge in [0, 0.05) is 41.3 Å². The lowest BCUT2D eigenvalue weighted by Gasteiger charge is -2.22. The largest absolute Gasteiger partial charge is 0.326 e. The van der Waals surface area contributed by atoms with Crippen molar-refractivity contribution >= 4 is 33.8 Å². The molecular formula is C18H26ClN3O3S2. The number of aromatic nitrogens is 1. The van der Waals surface area contributed by atoms with Gasteiger partial charge in [-0.3, -0.25) is 4.79 Å². The molecule has 1 saturated heterocycles. The summed E-state index contributed by atoms with van der Waals surface area (Å²) < 4.78 is 27.8. The first kappa shape index (κ1) is 22.1. The van der Waals surface area contributed by atoms with E-state index in [1.807, 2.05) is 33.0 Å². The fourth-order valence-electron chi connectivity index (χ4n) is 3.33. The molecule has 0 radical (unpaired) electrons. The summed E-state index contributed by atoms with van der Waals surface area (Å²) in [5.74, 6) is 0. The van der Waals surface area contributed by atoms with E-state index < -0.39 is 10.0 Å². The van der Waals surface area contributed by atoms with E-state index in [1.165, 1.54) is 15.6 Å². The van der Waals surface area contributed by atoms with Crippen LogP contribution in [0.2, 0.25) is 0 Å². The van der Waals surface area contributed by atoms with Gasteiger partial charge in [-0.1, -0.05) is 6.92 Å². The Labute approximate surface area is 170 Å². The molecule has 1 fully saturated rings. The molecule has 3 rings (SSSR count). The Bertz CT molecular complexity index is 968. The number of rotatable bonds is 5. The van der Waals surface area contributed by atoms with Crippen LogP contribution in [-0.2, 0) is 16.4 Å². The monoisotopic (exact) mass is 431 g/mol. The van der Waals surface area contributed by atoms with Crippen LogP contribution < -0.4 is 5.56 Å². The SMILES string of the molecule is CCc1cc(-c2ccc(S(=O)(=O)N(C)C3CCN(C)C3)s2)c(C)[nH]c1=O.Cl. The number of aryl methyl sites for hydroxylation is 2. The van der Waals surface area contributed by atoms with Gasteiger partial charge in [0.2, 0.25) is 0 Å². The van der Waals surface area contributed by atoms with Crippen molar-refractivity contribution in [1.29, 1.82) is 0 Å². The zero-order valence-electron chi connectivity index (χ0n) is 16.0. The second-order valence-electron chi connectivity index (χ2n) is 6.86. The first-order chi connectivity index (χ1) is 12.2. The highest BCUT2D eigenvalue weighted by Gasteiger charge is 2.33. The number of H-pyrrole nitrogens is 1. The number of hydrogen-bond donors (Lipinski definition) is 1. The van der Waals surface area contributed by atoms with E-state index in [4.69, 9.17) is 0 Å². The molecule has 27 heavy (non-hydrogen) atoms. The normalized spacial score (nSPS) is 18.0. The number of likely N-dealkylation sites (N-methyl/N-ethyl adjacent to an activating group) is 2. The Balaban J connectivity index is 0.00000261. The highest BCUT2D eigenvalue weighted by Crippen LogP contribution is 2.34. The number of sulfonamides is 1. The van der Waals surface area contributed by atoms with Crippen molar-refractivity contribution in [3.63, 3.8) is 0 Å². The van der Waals surface area contributed by atoms with Crippen LogP contribution in [0.4, 0.5) is 0 Å². The van der Waals surface area contributed by atoms with Gasteiger partial charge in [0.25, 0.3) is 15.6 Å². The number of thiophene rings is 1. The molecular weight excluding hydrogens is 406 g/mol. The van der Waals surface area contributed by atoms with Gasteiger partial charge in [0.1, 0.15) is 4.21 Å². The van der Waals surface area contributed by atoms with E-state index in [2.05, 4.69) is 9.88 Å². The molecule has 0 aliphatic carbocycles. The van der Waals surface area contributed by atoms with Gasteiger partial charge >= 0.3 is 0 Å². The van der Waals surface area contributed by atoms with E-state index in [1.54, 1.807) is 13.1 Å². The van der Waals surface area contributed by atoms with E-state index in [9.17, 15) is 13.2 Å². The third kappa shape index (κ3) is 4.30. The van der Waals surface area contributed by atoms with Gasteiger partial charge in [-0.25, -0.2) is 8.42 Å². The second kappa shape index (κ2) is 8.45. The van der Waals surface area contributed by atoms with Crippen LogP contribution in [0.15, 0.2) is 27.2 Å². The summed E-state index contributed by atoms with van der Waals surface area (Å²) in [6, 6.07) is 5.37. The van der Waals surface area contributed by atoms with Crippen molar-refractivity contribution in [3.05, 3.63) is 39.8 Å². The smallest absolute Gasteiger partial charge is 0.252 e. The first-order valence-electron chi connectivity index (χ1n) is 8.73. The molecule has 1 aliphatic heterocycles. The number of likely N-dealkylation sites (tertiary alicyclic amines) is 1. The Morgan fingerprint density at radius 3 is 2.67 bits per heavy atom. The van der Waals surface area contributed by atoms with E-state index in [0.717, 1.165) is 35.6 Å². The molecule has 0 spiro atoms. The summed E-state index contributed by atoms with van der Waals surface area (Å²) in [4.78, 5) is 17.8. The van der Waals surface area contributed by atoms with Gasteiger partial charge in [0.15, 0.2) is 0 Å². The summed E-state index contributed by atoms with van der Waals surface area (Å²) in [5.41, 5.74) is 2.26. The highest BCUT2D eigenvalue weighted by molar-refractivity contribution is 7.91. The van der Waals surface area contributed by atoms with Gasteiger partial charge in [-0.2, -0.15) is 4.31 Å². The molecule has 0 saturated carbocycles. The van der Waals surface area contributed by atoms with Crippen LogP contribution >= 0.6 is 23.7 Å². The number of nitrogens with one attached hydrogen (secondary N) is 1. The van der Waals surface area contributed by atoms with Crippen molar-refractivity contribution in [2.75, 3.05) is 27.2 Å². The summed E-state index contributed by atoms with van der Waals surface area (Å²) in [6.07, 6.45) is 1.49. The van der Waals surface area contributed by atoms with Crippen LogP contribution in [0, 0.1) is 6.92 Å². The summed E-state index contributed by atoms with van der Waals surface area (Å²) in [5, 5.41) is 0. The maximum absolute atomic E-state index is 13.0. The quantitative estimate of drug-likeness (QED) is 0.789. The lowest BCUT2D eigenvalue weighted by molar-refractivity contribution is 0.346. The number of nitrogens with zero attached hydrogens (tertiary/aromatic N) is 2. The minimum atomic E-state index is -3.52. The lowest BCUT2D eigenvalue weighted by atomic mass is 10.1. The van der Waals surface area contributed by atoms with Crippen LogP contribution in [0.1, 0.15) is 24.6 Å². The fourth-order valence-corrected chi connectivity index (χ4v) is 6.28. The molecule has 1 unspecified atom stereocenters. The molecule has 0 aromatic carbocycles. The molecule has 2 aromatic heterocycles. The number of pyridine rings is 1. The number of hydrogen-bond acceptors (Lipinski definition) is 5. The van der Waals surface area contributed by atoms with Gasteiger partial charge < -0.3 is 9.88 Å². The van der Waals surface area contributed by atoms with Crippen molar-refractivity contribution in [2.24, 2.45) is 0 Å². The van der Waals surface area contributed by atoms with Crippen LogP contribution in [0.5, 0.6) is 0 Å². The minimum Gasteiger partial charge on any atom is -0.326 e. The summed E-state index contributed by atoms with van der Waals surface area (Å²) in [7, 11) is 0.157. The van der Waals surface area contributed by atoms with Crippen LogP contribution in [0.25, 0.3) is 10.4 Å². The van der Waals surface area contributed by atoms with Gasteiger partial charge in [0.05, 0.1) is 0 Å². The zero-order valence-corrected chi connectivity index (χ0v) is 18.4. The third-order valence-corrected chi connectivity index (χ3v) is 8.55. The third-order valence-electron chi connectivity index (χ3n) is 5.06. The highest BCUT2D eigenvalue weighted by atomic mass is 35.5. The van der Waals surface area contributed by atoms with Crippen molar-refractivity contribution < 1.29 is 8.42 Å². The Kier molecular flexibility index (Phi) is 6.91. The van der Waals surface area contributed by atoms with E-state index in [-0.39, 0.29) is 24.0 Å². The molecule has 2 aromatic rings. The van der Waals surface area contributed by atoms with Gasteiger partial charge in [-0.05, 0) is 51.6 Å². The number of aromatic amines is 1.